The highest BCUT2D eigenvalue weighted by molar-refractivity contribution is 7.88. The van der Waals surface area contributed by atoms with Gasteiger partial charge >= 0.3 is 15.6 Å². The van der Waals surface area contributed by atoms with Gasteiger partial charge in [0.05, 0.1) is 17.9 Å². The Labute approximate surface area is 213 Å². The normalized spacial score (nSPS) is 25.0. The molecule has 37 heavy (non-hydrogen) atoms. The second-order valence-electron chi connectivity index (χ2n) is 10.4. The number of halogens is 3. The van der Waals surface area contributed by atoms with E-state index in [0.717, 1.165) is 72.4 Å². The molecule has 1 aromatic heterocycles. The molecule has 2 fully saturated rings. The van der Waals surface area contributed by atoms with Crippen molar-refractivity contribution < 1.29 is 25.8 Å². The van der Waals surface area contributed by atoms with Crippen molar-refractivity contribution in [2.75, 3.05) is 6.54 Å². The third-order valence-electron chi connectivity index (χ3n) is 8.21. The fourth-order valence-corrected chi connectivity index (χ4v) is 6.77. The van der Waals surface area contributed by atoms with Crippen LogP contribution in [0.4, 0.5) is 13.2 Å². The van der Waals surface area contributed by atoms with Crippen molar-refractivity contribution >= 4 is 10.1 Å². The van der Waals surface area contributed by atoms with Crippen LogP contribution in [0.3, 0.4) is 0 Å². The quantitative estimate of drug-likeness (QED) is 0.284. The largest absolute Gasteiger partial charge is 0.534 e. The maximum absolute atomic E-state index is 13.0. The number of hydrogen-bond acceptors (Lipinski definition) is 5. The standard InChI is InChI=1S/C27H28F3N3O3S/c1-2-15-11-21(31-13-15)26-32-14-22(33-26)17-5-3-16(4-6-17)20-9-10-23(36-37(34,35)27(28,29)30)25-19-8-7-18(12-19)24(20)25/h3-6,9-10,14-15,18-19,21,31H,2,7-8,11-13H2,1H3,(H,32,33)/t15-,18?,19?,21-/m0/s1. The average molecular weight is 532 g/mol. The number of fused-ring (bicyclic) bond motifs is 5. The minimum atomic E-state index is -5.73. The number of rotatable bonds is 6. The Kier molecular flexibility index (Phi) is 5.87. The Morgan fingerprint density at radius 1 is 1.00 bits per heavy atom. The van der Waals surface area contributed by atoms with Crippen LogP contribution >= 0.6 is 0 Å². The zero-order valence-electron chi connectivity index (χ0n) is 20.3. The summed E-state index contributed by atoms with van der Waals surface area (Å²) >= 11 is 0. The fraction of sp³-hybridized carbons (Fsp3) is 0.444. The van der Waals surface area contributed by atoms with E-state index in [4.69, 9.17) is 0 Å². The molecule has 10 heteroatoms. The van der Waals surface area contributed by atoms with Crippen LogP contribution < -0.4 is 9.50 Å². The number of H-pyrrole nitrogens is 1. The molecule has 3 aromatic rings. The van der Waals surface area contributed by atoms with Crippen LogP contribution in [0.5, 0.6) is 5.75 Å². The van der Waals surface area contributed by atoms with Crippen molar-refractivity contribution in [2.45, 2.75) is 62.4 Å². The lowest BCUT2D eigenvalue weighted by atomic mass is 9.85. The summed E-state index contributed by atoms with van der Waals surface area (Å²) in [6.07, 6.45) is 6.62. The van der Waals surface area contributed by atoms with Gasteiger partial charge < -0.3 is 14.5 Å². The molecule has 2 aromatic carbocycles. The summed E-state index contributed by atoms with van der Waals surface area (Å²) in [6.45, 7) is 3.21. The van der Waals surface area contributed by atoms with E-state index in [9.17, 15) is 21.6 Å². The van der Waals surface area contributed by atoms with Gasteiger partial charge in [0.15, 0.2) is 0 Å². The van der Waals surface area contributed by atoms with Crippen molar-refractivity contribution in [1.29, 1.82) is 0 Å². The maximum atomic E-state index is 13.0. The third kappa shape index (κ3) is 4.24. The first-order valence-electron chi connectivity index (χ1n) is 12.7. The number of benzene rings is 2. The highest BCUT2D eigenvalue weighted by atomic mass is 32.2. The van der Waals surface area contributed by atoms with Crippen LogP contribution in [-0.4, -0.2) is 30.4 Å². The van der Waals surface area contributed by atoms with E-state index in [1.165, 1.54) is 6.07 Å². The van der Waals surface area contributed by atoms with Crippen LogP contribution in [0, 0.1) is 5.92 Å². The summed E-state index contributed by atoms with van der Waals surface area (Å²) in [6, 6.07) is 11.3. The Morgan fingerprint density at radius 2 is 1.70 bits per heavy atom. The zero-order chi connectivity index (χ0) is 25.9. The summed E-state index contributed by atoms with van der Waals surface area (Å²) in [5.74, 6) is 1.61. The summed E-state index contributed by atoms with van der Waals surface area (Å²) in [5.41, 5.74) is -0.184. The molecule has 3 aliphatic rings. The molecule has 2 N–H and O–H groups in total. The third-order valence-corrected chi connectivity index (χ3v) is 9.18. The van der Waals surface area contributed by atoms with Crippen molar-refractivity contribution in [1.82, 2.24) is 15.3 Å². The number of aromatic nitrogens is 2. The molecule has 1 saturated heterocycles. The first-order chi connectivity index (χ1) is 17.6. The van der Waals surface area contributed by atoms with Gasteiger partial charge in [-0.3, -0.25) is 0 Å². The van der Waals surface area contributed by atoms with Crippen LogP contribution in [0.2, 0.25) is 0 Å². The smallest absolute Gasteiger partial charge is 0.376 e. The van der Waals surface area contributed by atoms with E-state index in [2.05, 4.69) is 26.4 Å². The second-order valence-corrected chi connectivity index (χ2v) is 11.9. The fourth-order valence-electron chi connectivity index (χ4n) is 6.29. The molecule has 1 saturated carbocycles. The van der Waals surface area contributed by atoms with E-state index in [0.29, 0.717) is 11.5 Å². The van der Waals surface area contributed by atoms with Crippen molar-refractivity contribution in [3.63, 3.8) is 0 Å². The molecule has 2 aliphatic carbocycles. The van der Waals surface area contributed by atoms with Gasteiger partial charge in [-0.25, -0.2) is 4.98 Å². The number of hydrogen-bond donors (Lipinski definition) is 2. The Hall–Kier alpha value is -2.85. The number of aromatic amines is 1. The summed E-state index contributed by atoms with van der Waals surface area (Å²) in [4.78, 5) is 8.03. The molecule has 0 radical (unpaired) electrons. The average Bonchev–Trinajstić information content (AvgIpc) is 3.67. The molecule has 4 atom stereocenters. The Morgan fingerprint density at radius 3 is 2.38 bits per heavy atom. The minimum Gasteiger partial charge on any atom is -0.376 e. The number of alkyl halides is 3. The molecule has 2 heterocycles. The van der Waals surface area contributed by atoms with Crippen LogP contribution in [-0.2, 0) is 10.1 Å². The van der Waals surface area contributed by atoms with Crippen LogP contribution in [0.25, 0.3) is 22.4 Å². The van der Waals surface area contributed by atoms with Crippen LogP contribution in [0.1, 0.15) is 73.9 Å². The van der Waals surface area contributed by atoms with E-state index < -0.39 is 15.6 Å². The van der Waals surface area contributed by atoms with Gasteiger partial charge in [-0.2, -0.15) is 21.6 Å². The van der Waals surface area contributed by atoms with Gasteiger partial charge in [0.25, 0.3) is 0 Å². The van der Waals surface area contributed by atoms with Gasteiger partial charge in [-0.1, -0.05) is 43.7 Å². The summed E-state index contributed by atoms with van der Waals surface area (Å²) < 4.78 is 67.0. The van der Waals surface area contributed by atoms with E-state index in [1.807, 2.05) is 30.5 Å². The van der Waals surface area contributed by atoms with Gasteiger partial charge in [0, 0.05) is 5.56 Å². The Balaban J connectivity index is 1.29. The Bertz CT molecular complexity index is 1430. The lowest BCUT2D eigenvalue weighted by Crippen LogP contribution is -2.28. The summed E-state index contributed by atoms with van der Waals surface area (Å²) in [5, 5.41) is 3.53. The number of imidazole rings is 1. The minimum absolute atomic E-state index is 0.0116. The number of nitrogens with one attached hydrogen (secondary N) is 2. The van der Waals surface area contributed by atoms with E-state index in [-0.39, 0.29) is 23.6 Å². The van der Waals surface area contributed by atoms with E-state index in [1.54, 1.807) is 6.07 Å². The zero-order valence-corrected chi connectivity index (χ0v) is 21.1. The molecule has 0 spiro atoms. The predicted octanol–water partition coefficient (Wildman–Crippen LogP) is 6.40. The highest BCUT2D eigenvalue weighted by Gasteiger charge is 2.50. The van der Waals surface area contributed by atoms with Gasteiger partial charge in [-0.15, -0.1) is 0 Å². The van der Waals surface area contributed by atoms with Gasteiger partial charge in [-0.05, 0) is 78.3 Å². The van der Waals surface area contributed by atoms with Crippen molar-refractivity contribution in [3.8, 4) is 28.1 Å². The SMILES string of the molecule is CC[C@@H]1CN[C@H](c2ncc(-c3ccc(-c4ccc(OS(=O)(=O)C(F)(F)F)c5c4C4CCC5C4)cc3)[nH]2)C1. The van der Waals surface area contributed by atoms with Crippen molar-refractivity contribution in [2.24, 2.45) is 5.92 Å². The molecule has 6 nitrogen and oxygen atoms in total. The molecule has 6 rings (SSSR count). The molecule has 1 aliphatic heterocycles. The molecule has 2 bridgehead atoms. The van der Waals surface area contributed by atoms with E-state index >= 15 is 0 Å². The predicted molar refractivity (Wildman–Crippen MR) is 134 cm³/mol. The lowest BCUT2D eigenvalue weighted by Gasteiger charge is -2.22. The molecule has 196 valence electrons. The maximum Gasteiger partial charge on any atom is 0.534 e. The highest BCUT2D eigenvalue weighted by Crippen LogP contribution is 2.58. The topological polar surface area (TPSA) is 84.1 Å². The molecule has 0 amide bonds. The van der Waals surface area contributed by atoms with Gasteiger partial charge in [0.2, 0.25) is 0 Å². The van der Waals surface area contributed by atoms with Crippen LogP contribution in [0.15, 0.2) is 42.6 Å². The first kappa shape index (κ1) is 24.5. The van der Waals surface area contributed by atoms with Crippen molar-refractivity contribution in [3.05, 3.63) is 59.5 Å². The molecular formula is C27H28F3N3O3S. The van der Waals surface area contributed by atoms with Gasteiger partial charge in [0.1, 0.15) is 11.6 Å². The summed E-state index contributed by atoms with van der Waals surface area (Å²) in [7, 11) is -5.73. The second kappa shape index (κ2) is 8.87. The first-order valence-corrected chi connectivity index (χ1v) is 14.1. The molecule has 2 unspecified atom stereocenters. The number of nitrogens with zero attached hydrogens (tertiary/aromatic N) is 1. The lowest BCUT2D eigenvalue weighted by molar-refractivity contribution is -0.0500. The monoisotopic (exact) mass is 531 g/mol. The molecular weight excluding hydrogens is 503 g/mol.